The number of guanidine groups is 1. The van der Waals surface area contributed by atoms with E-state index in [1.165, 1.54) is 0 Å². The summed E-state index contributed by atoms with van der Waals surface area (Å²) in [6, 6.07) is 7.87. The average Bonchev–Trinajstić information content (AvgIpc) is 2.65. The van der Waals surface area contributed by atoms with Gasteiger partial charge < -0.3 is 29.6 Å². The molecule has 1 aromatic carbocycles. The Morgan fingerprint density at radius 3 is 2.32 bits per heavy atom. The van der Waals surface area contributed by atoms with E-state index in [0.29, 0.717) is 33.0 Å². The first-order valence-electron chi connectivity index (χ1n) is 9.53. The molecule has 0 saturated heterocycles. The minimum atomic E-state index is 0. The maximum absolute atomic E-state index is 5.68. The molecule has 0 bridgehead atoms. The molecule has 162 valence electrons. The number of benzene rings is 1. The van der Waals surface area contributed by atoms with E-state index >= 15 is 0 Å². The summed E-state index contributed by atoms with van der Waals surface area (Å²) in [5, 5.41) is 6.67. The molecule has 0 radical (unpaired) electrons. The maximum atomic E-state index is 5.68. The van der Waals surface area contributed by atoms with Gasteiger partial charge in [0.2, 0.25) is 0 Å². The standard InChI is InChI=1S/C20H35N3O4.HI/c1-17(2)27-19-9-7-18(8-10-19)23-20(21-11-5-13-24-3)22-12-6-14-26-16-15-25-4;/h7-10,17H,5-6,11-16H2,1-4H3,(H2,21,22,23);1H. The smallest absolute Gasteiger partial charge is 0.195 e. The van der Waals surface area contributed by atoms with Gasteiger partial charge in [-0.15, -0.1) is 24.0 Å². The molecule has 0 amide bonds. The number of methoxy groups -OCH3 is 2. The van der Waals surface area contributed by atoms with Crippen molar-refractivity contribution in [1.82, 2.24) is 5.32 Å². The molecule has 0 aliphatic rings. The zero-order valence-electron chi connectivity index (χ0n) is 17.5. The first kappa shape index (κ1) is 26.9. The fourth-order valence-electron chi connectivity index (χ4n) is 2.19. The molecule has 0 unspecified atom stereocenters. The third kappa shape index (κ3) is 14.0. The molecule has 0 aliphatic carbocycles. The summed E-state index contributed by atoms with van der Waals surface area (Å²) < 4.78 is 21.2. The topological polar surface area (TPSA) is 73.3 Å². The van der Waals surface area contributed by atoms with Crippen molar-refractivity contribution in [2.24, 2.45) is 4.99 Å². The zero-order valence-corrected chi connectivity index (χ0v) is 19.9. The number of aliphatic imine (C=N–C) groups is 1. The van der Waals surface area contributed by atoms with Crippen LogP contribution in [0.25, 0.3) is 0 Å². The third-order valence-corrected chi connectivity index (χ3v) is 3.46. The summed E-state index contributed by atoms with van der Waals surface area (Å²) in [6.45, 7) is 8.13. The molecule has 0 atom stereocenters. The monoisotopic (exact) mass is 509 g/mol. The normalized spacial score (nSPS) is 11.2. The number of nitrogens with one attached hydrogen (secondary N) is 2. The number of anilines is 1. The van der Waals surface area contributed by atoms with Crippen LogP contribution in [0, 0.1) is 0 Å². The summed E-state index contributed by atoms with van der Waals surface area (Å²) in [5.74, 6) is 1.61. The number of hydrogen-bond donors (Lipinski definition) is 2. The highest BCUT2D eigenvalue weighted by Gasteiger charge is 2.02. The summed E-state index contributed by atoms with van der Waals surface area (Å²) in [4.78, 5) is 4.60. The molecule has 0 saturated carbocycles. The van der Waals surface area contributed by atoms with Crippen LogP contribution in [0.5, 0.6) is 5.75 Å². The lowest BCUT2D eigenvalue weighted by Crippen LogP contribution is -2.32. The van der Waals surface area contributed by atoms with Crippen LogP contribution < -0.4 is 15.4 Å². The summed E-state index contributed by atoms with van der Waals surface area (Å²) >= 11 is 0. The predicted molar refractivity (Wildman–Crippen MR) is 125 cm³/mol. The summed E-state index contributed by atoms with van der Waals surface area (Å²) in [7, 11) is 3.37. The van der Waals surface area contributed by atoms with Gasteiger partial charge in [-0.3, -0.25) is 4.99 Å². The van der Waals surface area contributed by atoms with Gasteiger partial charge in [0.15, 0.2) is 5.96 Å². The van der Waals surface area contributed by atoms with Gasteiger partial charge >= 0.3 is 0 Å². The minimum absolute atomic E-state index is 0. The Labute approximate surface area is 186 Å². The first-order valence-corrected chi connectivity index (χ1v) is 9.53. The molecule has 28 heavy (non-hydrogen) atoms. The highest BCUT2D eigenvalue weighted by Crippen LogP contribution is 2.16. The van der Waals surface area contributed by atoms with Crippen molar-refractivity contribution in [3.8, 4) is 5.75 Å². The Bertz CT molecular complexity index is 513. The molecule has 0 fully saturated rings. The van der Waals surface area contributed by atoms with Crippen LogP contribution in [0.4, 0.5) is 5.69 Å². The van der Waals surface area contributed by atoms with Gasteiger partial charge in [-0.05, 0) is 51.0 Å². The van der Waals surface area contributed by atoms with E-state index in [1.54, 1.807) is 14.2 Å². The van der Waals surface area contributed by atoms with Gasteiger partial charge in [-0.25, -0.2) is 0 Å². The molecule has 2 N–H and O–H groups in total. The van der Waals surface area contributed by atoms with Crippen molar-refractivity contribution < 1.29 is 18.9 Å². The molecular formula is C20H36IN3O4. The highest BCUT2D eigenvalue weighted by atomic mass is 127. The number of nitrogens with zero attached hydrogens (tertiary/aromatic N) is 1. The largest absolute Gasteiger partial charge is 0.491 e. The summed E-state index contributed by atoms with van der Waals surface area (Å²) in [6.07, 6.45) is 1.93. The van der Waals surface area contributed by atoms with Crippen LogP contribution in [0.15, 0.2) is 29.3 Å². The zero-order chi connectivity index (χ0) is 19.7. The van der Waals surface area contributed by atoms with Crippen LogP contribution in [0.2, 0.25) is 0 Å². The molecule has 1 aromatic rings. The SMILES string of the molecule is COCCCN=C(NCCCOCCOC)Nc1ccc(OC(C)C)cc1.I. The lowest BCUT2D eigenvalue weighted by atomic mass is 10.3. The molecule has 0 aromatic heterocycles. The molecular weight excluding hydrogens is 473 g/mol. The van der Waals surface area contributed by atoms with Crippen LogP contribution >= 0.6 is 24.0 Å². The van der Waals surface area contributed by atoms with Crippen molar-refractivity contribution in [2.45, 2.75) is 32.8 Å². The van der Waals surface area contributed by atoms with Gasteiger partial charge in [0.05, 0.1) is 19.3 Å². The second-order valence-corrected chi connectivity index (χ2v) is 6.28. The number of ether oxygens (including phenoxy) is 4. The van der Waals surface area contributed by atoms with E-state index in [2.05, 4.69) is 15.6 Å². The fraction of sp³-hybridized carbons (Fsp3) is 0.650. The predicted octanol–water partition coefficient (Wildman–Crippen LogP) is 3.54. The van der Waals surface area contributed by atoms with E-state index < -0.39 is 0 Å². The van der Waals surface area contributed by atoms with Crippen molar-refractivity contribution in [3.05, 3.63) is 24.3 Å². The molecule has 0 spiro atoms. The Balaban J connectivity index is 0.00000729. The summed E-state index contributed by atoms with van der Waals surface area (Å²) in [5.41, 5.74) is 0.959. The molecule has 8 heteroatoms. The van der Waals surface area contributed by atoms with E-state index in [9.17, 15) is 0 Å². The van der Waals surface area contributed by atoms with E-state index in [0.717, 1.165) is 36.8 Å². The molecule has 0 aliphatic heterocycles. The van der Waals surface area contributed by atoms with Gasteiger partial charge in [0.1, 0.15) is 5.75 Å². The maximum Gasteiger partial charge on any atom is 0.195 e. The number of halogens is 1. The van der Waals surface area contributed by atoms with Gasteiger partial charge in [-0.2, -0.15) is 0 Å². The van der Waals surface area contributed by atoms with Crippen LogP contribution in [0.1, 0.15) is 26.7 Å². The molecule has 1 rings (SSSR count). The molecule has 0 heterocycles. The highest BCUT2D eigenvalue weighted by molar-refractivity contribution is 14.0. The van der Waals surface area contributed by atoms with E-state index in [-0.39, 0.29) is 30.1 Å². The first-order chi connectivity index (χ1) is 13.2. The Hall–Kier alpha value is -1.10. The van der Waals surface area contributed by atoms with Crippen molar-refractivity contribution in [1.29, 1.82) is 0 Å². The second kappa shape index (κ2) is 18.0. The Morgan fingerprint density at radius 1 is 0.964 bits per heavy atom. The van der Waals surface area contributed by atoms with E-state index in [4.69, 9.17) is 18.9 Å². The van der Waals surface area contributed by atoms with Crippen molar-refractivity contribution in [2.75, 3.05) is 59.1 Å². The van der Waals surface area contributed by atoms with Crippen molar-refractivity contribution in [3.63, 3.8) is 0 Å². The Kier molecular flexibility index (Phi) is 17.3. The van der Waals surface area contributed by atoms with Crippen molar-refractivity contribution >= 4 is 35.6 Å². The molecule has 7 nitrogen and oxygen atoms in total. The Morgan fingerprint density at radius 2 is 1.68 bits per heavy atom. The second-order valence-electron chi connectivity index (χ2n) is 6.28. The number of hydrogen-bond acceptors (Lipinski definition) is 5. The van der Waals surface area contributed by atoms with Gasteiger partial charge in [-0.1, -0.05) is 0 Å². The third-order valence-electron chi connectivity index (χ3n) is 3.46. The average molecular weight is 509 g/mol. The van der Waals surface area contributed by atoms with E-state index in [1.807, 2.05) is 38.1 Å². The number of rotatable bonds is 14. The van der Waals surface area contributed by atoms with Crippen LogP contribution in [-0.4, -0.2) is 65.8 Å². The quantitative estimate of drug-likeness (QED) is 0.173. The van der Waals surface area contributed by atoms with Gasteiger partial charge in [0.25, 0.3) is 0 Å². The minimum Gasteiger partial charge on any atom is -0.491 e. The van der Waals surface area contributed by atoms with Crippen LogP contribution in [0.3, 0.4) is 0 Å². The van der Waals surface area contributed by atoms with Crippen LogP contribution in [-0.2, 0) is 14.2 Å². The fourth-order valence-corrected chi connectivity index (χ4v) is 2.19. The van der Waals surface area contributed by atoms with Gasteiger partial charge in [0, 0.05) is 46.2 Å². The lowest BCUT2D eigenvalue weighted by molar-refractivity contribution is 0.0699. The lowest BCUT2D eigenvalue weighted by Gasteiger charge is -2.14.